The van der Waals surface area contributed by atoms with Crippen LogP contribution < -0.4 is 16.1 Å². The number of nitrogens with zero attached hydrogens (tertiary/aromatic N) is 2. The molecule has 1 rings (SSSR count). The Bertz CT molecular complexity index is 608. The number of hydrogen-bond donors (Lipinski definition) is 4. The van der Waals surface area contributed by atoms with Gasteiger partial charge in [-0.25, -0.2) is 9.78 Å². The lowest BCUT2D eigenvalue weighted by molar-refractivity contribution is -0.120. The molecule has 0 saturated heterocycles. The summed E-state index contributed by atoms with van der Waals surface area (Å²) < 4.78 is 0. The van der Waals surface area contributed by atoms with Gasteiger partial charge in [-0.15, -0.1) is 0 Å². The molecule has 2 unspecified atom stereocenters. The maximum atomic E-state index is 13.0. The van der Waals surface area contributed by atoms with E-state index in [2.05, 4.69) is 28.0 Å². The van der Waals surface area contributed by atoms with Crippen LogP contribution in [0.2, 0.25) is 0 Å². The number of carbonyl (C=O) groups excluding carboxylic acids is 2. The molecule has 2 atom stereocenters. The molecule has 0 aliphatic carbocycles. The largest absolute Gasteiger partial charge is 0.356 e. The van der Waals surface area contributed by atoms with Crippen molar-refractivity contribution in [3.8, 4) is 0 Å². The second-order valence-electron chi connectivity index (χ2n) is 6.57. The van der Waals surface area contributed by atoms with Crippen LogP contribution in [0.4, 0.5) is 14.9 Å². The predicted octanol–water partition coefficient (Wildman–Crippen LogP) is 3.97. The van der Waals surface area contributed by atoms with Crippen LogP contribution in [0.1, 0.15) is 65.5 Å². The highest BCUT2D eigenvalue weighted by molar-refractivity contribution is 7.19. The van der Waals surface area contributed by atoms with E-state index < -0.39 is 0 Å². The third-order valence-corrected chi connectivity index (χ3v) is 5.49. The van der Waals surface area contributed by atoms with E-state index >= 15 is 0 Å². The average Bonchev–Trinajstić information content (AvgIpc) is 2.99. The van der Waals surface area contributed by atoms with Crippen molar-refractivity contribution in [2.24, 2.45) is 0 Å². The second kappa shape index (κ2) is 11.8. The Kier molecular flexibility index (Phi) is 10.1. The molecule has 0 fully saturated rings. The van der Waals surface area contributed by atoms with Crippen LogP contribution >= 0.6 is 11.3 Å². The first-order valence-electron chi connectivity index (χ1n) is 9.61. The summed E-state index contributed by atoms with van der Waals surface area (Å²) in [5.41, 5.74) is 2.72. The van der Waals surface area contributed by atoms with Crippen LogP contribution in [0.5, 0.6) is 0 Å². The summed E-state index contributed by atoms with van der Waals surface area (Å²) in [7, 11) is 0. The van der Waals surface area contributed by atoms with Crippen LogP contribution in [-0.4, -0.2) is 45.7 Å². The van der Waals surface area contributed by atoms with Crippen molar-refractivity contribution in [2.45, 2.75) is 78.8 Å². The van der Waals surface area contributed by atoms with Gasteiger partial charge < -0.3 is 10.2 Å². The van der Waals surface area contributed by atoms with Crippen molar-refractivity contribution in [1.82, 2.24) is 15.2 Å². The van der Waals surface area contributed by atoms with Gasteiger partial charge in [-0.05, 0) is 33.1 Å². The smallest absolute Gasteiger partial charge is 0.324 e. The zero-order valence-corrected chi connectivity index (χ0v) is 17.8. The lowest BCUT2D eigenvalue weighted by Crippen LogP contribution is -2.49. The highest BCUT2D eigenvalue weighted by Crippen LogP contribution is 2.28. The molecule has 9 heteroatoms. The zero-order valence-electron chi connectivity index (χ0n) is 17.0. The maximum Gasteiger partial charge on any atom is 0.324 e. The van der Waals surface area contributed by atoms with E-state index in [-0.39, 0.29) is 24.0 Å². The SMILES string of the molecule is CCCC(C)N(C(=O)Nc1nc(C)c(NO)s1)C(CC)CCNC(=O)CC. The van der Waals surface area contributed by atoms with Crippen molar-refractivity contribution in [3.05, 3.63) is 5.69 Å². The van der Waals surface area contributed by atoms with Crippen LogP contribution in [0, 0.1) is 6.92 Å². The quantitative estimate of drug-likeness (QED) is 0.421. The van der Waals surface area contributed by atoms with Gasteiger partial charge in [0.2, 0.25) is 5.91 Å². The maximum absolute atomic E-state index is 13.0. The molecule has 27 heavy (non-hydrogen) atoms. The number of anilines is 2. The molecular weight excluding hydrogens is 366 g/mol. The number of thiazole rings is 1. The molecular formula is C18H33N5O3S. The van der Waals surface area contributed by atoms with Crippen LogP contribution in [0.25, 0.3) is 0 Å². The normalized spacial score (nSPS) is 13.0. The summed E-state index contributed by atoms with van der Waals surface area (Å²) in [5.74, 6) is 0.0183. The van der Waals surface area contributed by atoms with Gasteiger partial charge in [0.1, 0.15) is 5.00 Å². The number of nitrogens with one attached hydrogen (secondary N) is 3. The first-order valence-corrected chi connectivity index (χ1v) is 10.4. The highest BCUT2D eigenvalue weighted by Gasteiger charge is 2.27. The number of rotatable bonds is 11. The van der Waals surface area contributed by atoms with Crippen molar-refractivity contribution >= 4 is 33.4 Å². The Balaban J connectivity index is 2.88. The number of urea groups is 1. The summed E-state index contributed by atoms with van der Waals surface area (Å²) in [5, 5.41) is 15.8. The summed E-state index contributed by atoms with van der Waals surface area (Å²) >= 11 is 1.19. The number of amides is 3. The topological polar surface area (TPSA) is 107 Å². The first-order chi connectivity index (χ1) is 12.9. The Morgan fingerprint density at radius 2 is 1.96 bits per heavy atom. The van der Waals surface area contributed by atoms with E-state index in [4.69, 9.17) is 5.21 Å². The van der Waals surface area contributed by atoms with Crippen molar-refractivity contribution in [2.75, 3.05) is 17.3 Å². The summed E-state index contributed by atoms with van der Waals surface area (Å²) in [6, 6.07) is -0.124. The van der Waals surface area contributed by atoms with Crippen LogP contribution in [-0.2, 0) is 4.79 Å². The lowest BCUT2D eigenvalue weighted by atomic mass is 10.0. The minimum Gasteiger partial charge on any atom is -0.356 e. The van der Waals surface area contributed by atoms with E-state index in [1.54, 1.807) is 6.92 Å². The minimum absolute atomic E-state index is 0.0141. The van der Waals surface area contributed by atoms with E-state index in [9.17, 15) is 9.59 Å². The molecule has 0 saturated carbocycles. The minimum atomic E-state index is -0.206. The molecule has 0 radical (unpaired) electrons. The fourth-order valence-corrected chi connectivity index (χ4v) is 3.79. The molecule has 154 valence electrons. The van der Waals surface area contributed by atoms with Gasteiger partial charge in [0.15, 0.2) is 5.13 Å². The Hall–Kier alpha value is -1.87. The highest BCUT2D eigenvalue weighted by atomic mass is 32.1. The fraction of sp³-hybridized carbons (Fsp3) is 0.722. The Morgan fingerprint density at radius 3 is 2.48 bits per heavy atom. The molecule has 3 amide bonds. The Labute approximate surface area is 165 Å². The van der Waals surface area contributed by atoms with Gasteiger partial charge in [0.05, 0.1) is 5.69 Å². The standard InChI is InChI=1S/C18H33N5O3S/c1-6-9-12(4)23(14(7-2)10-11-19-15(24)8-3)18(25)21-17-20-13(5)16(22-26)27-17/h12,14,22,26H,6-11H2,1-5H3,(H,19,24)(H,20,21,25). The molecule has 0 aromatic carbocycles. The monoisotopic (exact) mass is 399 g/mol. The van der Waals surface area contributed by atoms with Crippen molar-refractivity contribution in [3.63, 3.8) is 0 Å². The van der Waals surface area contributed by atoms with E-state index in [0.717, 1.165) is 19.3 Å². The van der Waals surface area contributed by atoms with E-state index in [0.29, 0.717) is 35.2 Å². The molecule has 0 bridgehead atoms. The molecule has 8 nitrogen and oxygen atoms in total. The van der Waals surface area contributed by atoms with Gasteiger partial charge in [-0.2, -0.15) is 0 Å². The van der Waals surface area contributed by atoms with Crippen LogP contribution in [0.3, 0.4) is 0 Å². The van der Waals surface area contributed by atoms with E-state index in [1.165, 1.54) is 11.3 Å². The van der Waals surface area contributed by atoms with Gasteiger partial charge in [-0.1, -0.05) is 38.5 Å². The third-order valence-electron chi connectivity index (χ3n) is 4.51. The fourth-order valence-electron chi connectivity index (χ4n) is 3.04. The van der Waals surface area contributed by atoms with Gasteiger partial charge >= 0.3 is 6.03 Å². The summed E-state index contributed by atoms with van der Waals surface area (Å²) in [4.78, 5) is 30.6. The van der Waals surface area contributed by atoms with Gasteiger partial charge in [0, 0.05) is 25.0 Å². The van der Waals surface area contributed by atoms with Crippen molar-refractivity contribution in [1.29, 1.82) is 0 Å². The molecule has 1 aromatic rings. The molecule has 0 spiro atoms. The third kappa shape index (κ3) is 6.99. The van der Waals surface area contributed by atoms with Gasteiger partial charge in [-0.3, -0.25) is 20.8 Å². The molecule has 0 aliphatic heterocycles. The first kappa shape index (κ1) is 23.2. The summed E-state index contributed by atoms with van der Waals surface area (Å²) in [6.45, 7) is 10.3. The number of carbonyl (C=O) groups is 2. The summed E-state index contributed by atoms with van der Waals surface area (Å²) in [6.07, 6.45) is 3.82. The number of hydrogen-bond acceptors (Lipinski definition) is 6. The molecule has 0 aliphatic rings. The number of aryl methyl sites for hydroxylation is 1. The second-order valence-corrected chi connectivity index (χ2v) is 7.57. The number of aromatic nitrogens is 1. The lowest BCUT2D eigenvalue weighted by Gasteiger charge is -2.36. The Morgan fingerprint density at radius 1 is 1.26 bits per heavy atom. The van der Waals surface area contributed by atoms with Crippen molar-refractivity contribution < 1.29 is 14.8 Å². The molecule has 1 aromatic heterocycles. The zero-order chi connectivity index (χ0) is 20.4. The molecule has 4 N–H and O–H groups in total. The average molecular weight is 400 g/mol. The van der Waals surface area contributed by atoms with E-state index in [1.807, 2.05) is 25.7 Å². The van der Waals surface area contributed by atoms with Gasteiger partial charge in [0.25, 0.3) is 0 Å². The molecule has 1 heterocycles. The van der Waals surface area contributed by atoms with Crippen LogP contribution in [0.15, 0.2) is 0 Å². The predicted molar refractivity (Wildman–Crippen MR) is 109 cm³/mol.